The van der Waals surface area contributed by atoms with Gasteiger partial charge in [0.25, 0.3) is 0 Å². The quantitative estimate of drug-likeness (QED) is 0.891. The minimum absolute atomic E-state index is 0.463. The van der Waals surface area contributed by atoms with E-state index in [-0.39, 0.29) is 0 Å². The summed E-state index contributed by atoms with van der Waals surface area (Å²) >= 11 is 0. The summed E-state index contributed by atoms with van der Waals surface area (Å²) < 4.78 is 0. The average Bonchev–Trinajstić information content (AvgIpc) is 2.61. The molecule has 0 saturated carbocycles. The smallest absolute Gasteiger partial charge is 0.0991 e. The van der Waals surface area contributed by atoms with E-state index in [2.05, 4.69) is 22.9 Å². The van der Waals surface area contributed by atoms with Gasteiger partial charge in [0.05, 0.1) is 11.6 Å². The van der Waals surface area contributed by atoms with E-state index in [0.29, 0.717) is 18.2 Å². The van der Waals surface area contributed by atoms with E-state index >= 15 is 0 Å². The zero-order valence-electron chi connectivity index (χ0n) is 11.5. The average molecular weight is 258 g/mol. The number of benzene rings is 1. The molecule has 1 aromatic rings. The lowest BCUT2D eigenvalue weighted by Gasteiger charge is -2.32. The Kier molecular flexibility index (Phi) is 4.78. The summed E-state index contributed by atoms with van der Waals surface area (Å²) in [5, 5.41) is 8.87. The van der Waals surface area contributed by atoms with Gasteiger partial charge in [0.15, 0.2) is 0 Å². The molecule has 4 heteroatoms. The third-order valence-corrected chi connectivity index (χ3v) is 3.73. The molecule has 1 aliphatic heterocycles. The Bertz CT molecular complexity index is 434. The van der Waals surface area contributed by atoms with Crippen LogP contribution in [-0.4, -0.2) is 44.2 Å². The summed E-state index contributed by atoms with van der Waals surface area (Å²) in [7, 11) is 2.17. The van der Waals surface area contributed by atoms with Crippen LogP contribution in [0.4, 0.5) is 5.69 Å². The van der Waals surface area contributed by atoms with Crippen LogP contribution < -0.4 is 10.6 Å². The summed E-state index contributed by atoms with van der Waals surface area (Å²) in [6.45, 7) is 3.96. The first-order chi connectivity index (χ1) is 9.24. The van der Waals surface area contributed by atoms with Crippen molar-refractivity contribution in [2.75, 3.05) is 38.1 Å². The third kappa shape index (κ3) is 3.46. The monoisotopic (exact) mass is 258 g/mol. The fourth-order valence-electron chi connectivity index (χ4n) is 2.75. The first-order valence-electron chi connectivity index (χ1n) is 6.90. The Morgan fingerprint density at radius 2 is 2.05 bits per heavy atom. The Morgan fingerprint density at radius 1 is 1.32 bits per heavy atom. The van der Waals surface area contributed by atoms with Crippen molar-refractivity contribution < 1.29 is 0 Å². The summed E-state index contributed by atoms with van der Waals surface area (Å²) in [4.78, 5) is 4.82. The van der Waals surface area contributed by atoms with Crippen molar-refractivity contribution in [3.63, 3.8) is 0 Å². The first-order valence-corrected chi connectivity index (χ1v) is 6.90. The highest BCUT2D eigenvalue weighted by Gasteiger charge is 2.22. The Balaban J connectivity index is 2.19. The lowest BCUT2D eigenvalue weighted by Crippen LogP contribution is -2.41. The maximum atomic E-state index is 8.87. The number of hydrogen-bond donors (Lipinski definition) is 1. The van der Waals surface area contributed by atoms with Gasteiger partial charge in [-0.05, 0) is 57.2 Å². The van der Waals surface area contributed by atoms with Crippen molar-refractivity contribution >= 4 is 5.69 Å². The number of anilines is 1. The second kappa shape index (κ2) is 6.55. The van der Waals surface area contributed by atoms with Gasteiger partial charge in [-0.15, -0.1) is 0 Å². The third-order valence-electron chi connectivity index (χ3n) is 3.73. The first kappa shape index (κ1) is 13.9. The van der Waals surface area contributed by atoms with E-state index in [0.717, 1.165) is 32.5 Å². The van der Waals surface area contributed by atoms with Crippen LogP contribution in [0.3, 0.4) is 0 Å². The lowest BCUT2D eigenvalue weighted by molar-refractivity contribution is 0.326. The van der Waals surface area contributed by atoms with Gasteiger partial charge in [-0.2, -0.15) is 5.26 Å². The number of rotatable bonds is 3. The largest absolute Gasteiger partial charge is 0.367 e. The summed E-state index contributed by atoms with van der Waals surface area (Å²) in [5.41, 5.74) is 7.67. The zero-order valence-corrected chi connectivity index (χ0v) is 11.5. The molecular formula is C15H22N4. The van der Waals surface area contributed by atoms with Crippen LogP contribution in [0.2, 0.25) is 0 Å². The highest BCUT2D eigenvalue weighted by molar-refractivity contribution is 5.50. The highest BCUT2D eigenvalue weighted by Crippen LogP contribution is 2.22. The van der Waals surface area contributed by atoms with Gasteiger partial charge < -0.3 is 15.5 Å². The molecule has 0 amide bonds. The van der Waals surface area contributed by atoms with Crippen molar-refractivity contribution in [2.24, 2.45) is 5.73 Å². The number of nitrogens with zero attached hydrogens (tertiary/aromatic N) is 3. The van der Waals surface area contributed by atoms with Gasteiger partial charge >= 0.3 is 0 Å². The van der Waals surface area contributed by atoms with Crippen LogP contribution in [0.15, 0.2) is 24.3 Å². The van der Waals surface area contributed by atoms with Crippen LogP contribution in [-0.2, 0) is 0 Å². The summed E-state index contributed by atoms with van der Waals surface area (Å²) in [5.74, 6) is 0. The number of nitriles is 1. The van der Waals surface area contributed by atoms with Gasteiger partial charge in [0.2, 0.25) is 0 Å². The summed E-state index contributed by atoms with van der Waals surface area (Å²) in [6.07, 6.45) is 2.17. The van der Waals surface area contributed by atoms with Crippen molar-refractivity contribution in [1.29, 1.82) is 5.26 Å². The van der Waals surface area contributed by atoms with E-state index in [9.17, 15) is 0 Å². The molecule has 2 N–H and O–H groups in total. The maximum Gasteiger partial charge on any atom is 0.0991 e. The molecule has 1 aliphatic rings. The molecule has 0 aromatic heterocycles. The molecule has 0 radical (unpaired) electrons. The second-order valence-corrected chi connectivity index (χ2v) is 5.20. The fourth-order valence-corrected chi connectivity index (χ4v) is 2.75. The minimum Gasteiger partial charge on any atom is -0.367 e. The molecule has 1 unspecified atom stereocenters. The van der Waals surface area contributed by atoms with Crippen molar-refractivity contribution in [1.82, 2.24) is 4.90 Å². The topological polar surface area (TPSA) is 56.3 Å². The van der Waals surface area contributed by atoms with E-state index in [4.69, 9.17) is 11.0 Å². The van der Waals surface area contributed by atoms with E-state index in [1.807, 2.05) is 24.3 Å². The van der Waals surface area contributed by atoms with E-state index in [1.54, 1.807) is 0 Å². The molecule has 0 bridgehead atoms. The van der Waals surface area contributed by atoms with Crippen LogP contribution in [0.5, 0.6) is 0 Å². The SMILES string of the molecule is CN1CCCN(c2ccc(C#N)cc2)C(CCN)C1. The highest BCUT2D eigenvalue weighted by atomic mass is 15.2. The maximum absolute atomic E-state index is 8.87. The van der Waals surface area contributed by atoms with Crippen LogP contribution >= 0.6 is 0 Å². The van der Waals surface area contributed by atoms with Gasteiger partial charge in [-0.25, -0.2) is 0 Å². The molecule has 0 aliphatic carbocycles. The van der Waals surface area contributed by atoms with Gasteiger partial charge in [-0.1, -0.05) is 0 Å². The molecule has 102 valence electrons. The lowest BCUT2D eigenvalue weighted by atomic mass is 10.1. The van der Waals surface area contributed by atoms with Crippen LogP contribution in [0.25, 0.3) is 0 Å². The standard InChI is InChI=1S/C15H22N4/c1-18-9-2-10-19(15(12-18)7-8-16)14-5-3-13(11-17)4-6-14/h3-6,15H,2,7-10,12,16H2,1H3. The second-order valence-electron chi connectivity index (χ2n) is 5.20. The van der Waals surface area contributed by atoms with Gasteiger partial charge in [0, 0.05) is 24.8 Å². The molecule has 4 nitrogen and oxygen atoms in total. The molecular weight excluding hydrogens is 236 g/mol. The number of likely N-dealkylation sites (N-methyl/N-ethyl adjacent to an activating group) is 1. The molecule has 1 saturated heterocycles. The van der Waals surface area contributed by atoms with E-state index in [1.165, 1.54) is 5.69 Å². The zero-order chi connectivity index (χ0) is 13.7. The molecule has 19 heavy (non-hydrogen) atoms. The van der Waals surface area contributed by atoms with Crippen molar-refractivity contribution in [3.8, 4) is 6.07 Å². The predicted octanol–water partition coefficient (Wildman–Crippen LogP) is 1.42. The van der Waals surface area contributed by atoms with Crippen molar-refractivity contribution in [2.45, 2.75) is 18.9 Å². The normalized spacial score (nSPS) is 20.9. The molecule has 1 aromatic carbocycles. The predicted molar refractivity (Wildman–Crippen MR) is 78.1 cm³/mol. The Labute approximate surface area is 115 Å². The van der Waals surface area contributed by atoms with Crippen molar-refractivity contribution in [3.05, 3.63) is 29.8 Å². The summed E-state index contributed by atoms with van der Waals surface area (Å²) in [6, 6.07) is 10.5. The molecule has 1 fully saturated rings. The molecule has 1 heterocycles. The Hall–Kier alpha value is -1.57. The number of nitrogens with two attached hydrogens (primary N) is 1. The fraction of sp³-hybridized carbons (Fsp3) is 0.533. The van der Waals surface area contributed by atoms with Crippen LogP contribution in [0, 0.1) is 11.3 Å². The molecule has 2 rings (SSSR count). The van der Waals surface area contributed by atoms with E-state index < -0.39 is 0 Å². The van der Waals surface area contributed by atoms with Crippen LogP contribution in [0.1, 0.15) is 18.4 Å². The number of hydrogen-bond acceptors (Lipinski definition) is 4. The minimum atomic E-state index is 0.463. The molecule has 0 spiro atoms. The van der Waals surface area contributed by atoms with Gasteiger partial charge in [0.1, 0.15) is 0 Å². The van der Waals surface area contributed by atoms with Gasteiger partial charge in [-0.3, -0.25) is 0 Å². The molecule has 1 atom stereocenters. The Morgan fingerprint density at radius 3 is 2.68 bits per heavy atom.